The van der Waals surface area contributed by atoms with Gasteiger partial charge in [0.25, 0.3) is 0 Å². The monoisotopic (exact) mass is 465 g/mol. The highest BCUT2D eigenvalue weighted by atomic mass is 35.5. The molecule has 1 atom stereocenters. The maximum Gasteiger partial charge on any atom is 0.137 e. The summed E-state index contributed by atoms with van der Waals surface area (Å²) in [5, 5.41) is 29.6. The molecule has 0 fully saturated rings. The van der Waals surface area contributed by atoms with Gasteiger partial charge in [-0.25, -0.2) is 4.99 Å². The third kappa shape index (κ3) is 4.94. The Labute approximate surface area is 197 Å². The molecule has 0 spiro atoms. The van der Waals surface area contributed by atoms with Gasteiger partial charge in [-0.2, -0.15) is 15.6 Å². The van der Waals surface area contributed by atoms with E-state index in [0.29, 0.717) is 30.0 Å². The molecule has 3 rings (SSSR count). The van der Waals surface area contributed by atoms with Crippen LogP contribution in [0, 0.1) is 22.7 Å². The van der Waals surface area contributed by atoms with Crippen LogP contribution in [0.1, 0.15) is 43.9 Å². The first-order chi connectivity index (χ1) is 15.5. The van der Waals surface area contributed by atoms with Gasteiger partial charge in [-0.1, -0.05) is 18.2 Å². The second-order valence-corrected chi connectivity index (χ2v) is 8.41. The first kappa shape index (κ1) is 23.3. The van der Waals surface area contributed by atoms with Crippen molar-refractivity contribution in [1.82, 2.24) is 15.1 Å². The lowest BCUT2D eigenvalue weighted by Crippen LogP contribution is -2.26. The van der Waals surface area contributed by atoms with E-state index in [0.717, 1.165) is 34.1 Å². The van der Waals surface area contributed by atoms with Crippen LogP contribution in [-0.4, -0.2) is 28.7 Å². The Balaban J connectivity index is 1.78. The topological polar surface area (TPSA) is 93.0 Å². The zero-order valence-electron chi connectivity index (χ0n) is 18.0. The normalized spacial score (nSPS) is 15.0. The molecule has 9 heteroatoms. The first-order valence-corrected chi connectivity index (χ1v) is 11.5. The van der Waals surface area contributed by atoms with Gasteiger partial charge < -0.3 is 10.2 Å². The largest absolute Gasteiger partial charge is 0.363 e. The van der Waals surface area contributed by atoms with Crippen molar-refractivity contribution in [3.63, 3.8) is 0 Å². The summed E-state index contributed by atoms with van der Waals surface area (Å²) >= 11 is 7.62. The van der Waals surface area contributed by atoms with Gasteiger partial charge in [0, 0.05) is 42.0 Å². The molecule has 1 aliphatic rings. The smallest absolute Gasteiger partial charge is 0.137 e. The van der Waals surface area contributed by atoms with Crippen LogP contribution < -0.4 is 10.2 Å². The number of allylic oxidation sites excluding steroid dienone is 1. The Morgan fingerprint density at radius 1 is 1.47 bits per heavy atom. The highest BCUT2D eigenvalue weighted by Gasteiger charge is 2.20. The highest BCUT2D eigenvalue weighted by molar-refractivity contribution is 7.15. The minimum atomic E-state index is -0.0832. The lowest BCUT2D eigenvalue weighted by atomic mass is 10.0. The van der Waals surface area contributed by atoms with Crippen molar-refractivity contribution >= 4 is 39.3 Å². The minimum Gasteiger partial charge on any atom is -0.363 e. The van der Waals surface area contributed by atoms with Crippen molar-refractivity contribution in [1.29, 1.82) is 10.5 Å². The average Bonchev–Trinajstić information content (AvgIpc) is 3.53. The van der Waals surface area contributed by atoms with Crippen LogP contribution in [0.3, 0.4) is 0 Å². The lowest BCUT2D eigenvalue weighted by Gasteiger charge is -2.24. The predicted octanol–water partition coefficient (Wildman–Crippen LogP) is 5.27. The SMILES string of the molecule is C=CNC1=NC=C/C1=C(/C)c1cnn(C(CC#N)CCN(CC)c2scc(Cl)c2C#N)c1. The fourth-order valence-electron chi connectivity index (χ4n) is 3.54. The second kappa shape index (κ2) is 10.8. The van der Waals surface area contributed by atoms with E-state index in [2.05, 4.69) is 39.0 Å². The number of anilines is 1. The van der Waals surface area contributed by atoms with E-state index in [1.54, 1.807) is 17.8 Å². The molecule has 0 bridgehead atoms. The van der Waals surface area contributed by atoms with Gasteiger partial charge in [0.2, 0.25) is 0 Å². The molecule has 0 saturated heterocycles. The summed E-state index contributed by atoms with van der Waals surface area (Å²) in [5.74, 6) is 0.750. The van der Waals surface area contributed by atoms with Crippen LogP contribution in [0.15, 0.2) is 53.4 Å². The fourth-order valence-corrected chi connectivity index (χ4v) is 4.84. The molecule has 7 nitrogen and oxygen atoms in total. The molecule has 0 amide bonds. The molecule has 2 aromatic rings. The molecule has 32 heavy (non-hydrogen) atoms. The molecule has 3 heterocycles. The van der Waals surface area contributed by atoms with E-state index >= 15 is 0 Å². The van der Waals surface area contributed by atoms with Crippen LogP contribution in [0.4, 0.5) is 5.00 Å². The molecular weight excluding hydrogens is 442 g/mol. The molecule has 164 valence electrons. The lowest BCUT2D eigenvalue weighted by molar-refractivity contribution is 0.432. The summed E-state index contributed by atoms with van der Waals surface area (Å²) in [6.45, 7) is 9.19. The standard InChI is InChI=1S/C23H24ClN7S/c1-4-27-22-19(7-10-28-22)16(3)17-13-29-31(14-17)18(6-9-25)8-11-30(5-2)23-20(12-26)21(24)15-32-23/h4,7,10,13-15,18H,1,5-6,8,11H2,2-3H3,(H,27,28)/b19-16+. The number of nitrogens with one attached hydrogen (secondary N) is 1. The number of hydrogen-bond donors (Lipinski definition) is 1. The summed E-state index contributed by atoms with van der Waals surface area (Å²) in [7, 11) is 0. The van der Waals surface area contributed by atoms with Gasteiger partial charge in [0.15, 0.2) is 0 Å². The number of amidine groups is 1. The van der Waals surface area contributed by atoms with E-state index in [1.165, 1.54) is 11.3 Å². The maximum atomic E-state index is 9.43. The molecule has 1 N–H and O–H groups in total. The van der Waals surface area contributed by atoms with Crippen LogP contribution in [0.2, 0.25) is 5.02 Å². The number of nitriles is 2. The molecule has 1 unspecified atom stereocenters. The Hall–Kier alpha value is -3.33. The number of halogens is 1. The van der Waals surface area contributed by atoms with Crippen molar-refractivity contribution in [2.24, 2.45) is 4.99 Å². The van der Waals surface area contributed by atoms with Crippen molar-refractivity contribution in [3.05, 3.63) is 64.6 Å². The zero-order chi connectivity index (χ0) is 23.1. The van der Waals surface area contributed by atoms with Crippen LogP contribution in [-0.2, 0) is 0 Å². The van der Waals surface area contributed by atoms with Gasteiger partial charge in [-0.3, -0.25) is 4.68 Å². The Kier molecular flexibility index (Phi) is 7.88. The van der Waals surface area contributed by atoms with Gasteiger partial charge in [-0.05, 0) is 38.1 Å². The number of aliphatic imine (C=N–C) groups is 1. The van der Waals surface area contributed by atoms with Gasteiger partial charge in [0.05, 0.1) is 29.8 Å². The minimum absolute atomic E-state index is 0.0832. The summed E-state index contributed by atoms with van der Waals surface area (Å²) in [6.07, 6.45) is 10.1. The average molecular weight is 466 g/mol. The van der Waals surface area contributed by atoms with E-state index in [-0.39, 0.29) is 6.04 Å². The maximum absolute atomic E-state index is 9.43. The van der Waals surface area contributed by atoms with Crippen LogP contribution in [0.5, 0.6) is 0 Å². The van der Waals surface area contributed by atoms with E-state index in [9.17, 15) is 10.5 Å². The first-order valence-electron chi connectivity index (χ1n) is 10.2. The molecule has 0 saturated carbocycles. The molecule has 2 aromatic heterocycles. The van der Waals surface area contributed by atoms with Crippen LogP contribution >= 0.6 is 22.9 Å². The van der Waals surface area contributed by atoms with Crippen molar-refractivity contribution in [3.8, 4) is 12.1 Å². The summed E-state index contributed by atoms with van der Waals surface area (Å²) < 4.78 is 1.86. The Morgan fingerprint density at radius 3 is 2.97 bits per heavy atom. The number of rotatable bonds is 9. The number of hydrogen-bond acceptors (Lipinski definition) is 7. The number of aromatic nitrogens is 2. The summed E-state index contributed by atoms with van der Waals surface area (Å²) in [6, 6.07) is 4.39. The zero-order valence-corrected chi connectivity index (χ0v) is 19.6. The molecular formula is C23H24ClN7S. The molecule has 0 aliphatic carbocycles. The summed E-state index contributed by atoms with van der Waals surface area (Å²) in [4.78, 5) is 6.45. The van der Waals surface area contributed by atoms with Crippen LogP contribution in [0.25, 0.3) is 5.57 Å². The summed E-state index contributed by atoms with van der Waals surface area (Å²) in [5.41, 5.74) is 3.50. The van der Waals surface area contributed by atoms with Gasteiger partial charge >= 0.3 is 0 Å². The predicted molar refractivity (Wildman–Crippen MR) is 131 cm³/mol. The van der Waals surface area contributed by atoms with Crippen molar-refractivity contribution in [2.75, 3.05) is 18.0 Å². The Morgan fingerprint density at radius 2 is 2.28 bits per heavy atom. The third-order valence-electron chi connectivity index (χ3n) is 5.32. The van der Waals surface area contributed by atoms with Gasteiger partial charge in [0.1, 0.15) is 22.5 Å². The fraction of sp³-hybridized carbons (Fsp3) is 0.304. The second-order valence-electron chi connectivity index (χ2n) is 7.15. The quantitative estimate of drug-likeness (QED) is 0.544. The van der Waals surface area contributed by atoms with Crippen molar-refractivity contribution in [2.45, 2.75) is 32.7 Å². The number of nitrogens with zero attached hydrogens (tertiary/aromatic N) is 6. The van der Waals surface area contributed by atoms with Crippen molar-refractivity contribution < 1.29 is 0 Å². The molecule has 0 aromatic carbocycles. The third-order valence-corrected chi connectivity index (χ3v) is 6.78. The number of thiophene rings is 1. The van der Waals surface area contributed by atoms with E-state index in [4.69, 9.17) is 11.6 Å². The highest BCUT2D eigenvalue weighted by Crippen LogP contribution is 2.35. The van der Waals surface area contributed by atoms with Gasteiger partial charge in [-0.15, -0.1) is 11.3 Å². The van der Waals surface area contributed by atoms with E-state index in [1.807, 2.05) is 37.0 Å². The van der Waals surface area contributed by atoms with E-state index < -0.39 is 0 Å². The molecule has 1 aliphatic heterocycles. The molecule has 0 radical (unpaired) electrons. The Bertz CT molecular complexity index is 1160.